The third-order valence-electron chi connectivity index (χ3n) is 5.17. The van der Waals surface area contributed by atoms with E-state index in [2.05, 4.69) is 10.3 Å². The highest BCUT2D eigenvalue weighted by Crippen LogP contribution is 2.54. The summed E-state index contributed by atoms with van der Waals surface area (Å²) in [7, 11) is -3.24. The van der Waals surface area contributed by atoms with Crippen molar-refractivity contribution in [3.63, 3.8) is 0 Å². The maximum Gasteiger partial charge on any atom is 0.408 e. The molecule has 2 heterocycles. The molecular weight excluding hydrogens is 432 g/mol. The molecule has 2 amide bonds. The second-order valence-corrected chi connectivity index (χ2v) is 10.8. The molecule has 1 saturated heterocycles. The van der Waals surface area contributed by atoms with Crippen LogP contribution in [0.3, 0.4) is 0 Å². The molecule has 0 spiro atoms. The van der Waals surface area contributed by atoms with Gasteiger partial charge in [0.25, 0.3) is 0 Å². The van der Waals surface area contributed by atoms with E-state index in [-0.39, 0.29) is 5.91 Å². The number of alkyl carbamates (subject to hydrolysis) is 1. The second kappa shape index (κ2) is 9.62. The van der Waals surface area contributed by atoms with E-state index in [1.165, 1.54) is 0 Å². The molecule has 9 nitrogen and oxygen atoms in total. The second-order valence-electron chi connectivity index (χ2n) is 8.85. The minimum Gasteiger partial charge on any atom is -0.444 e. The van der Waals surface area contributed by atoms with Crippen molar-refractivity contribution in [2.45, 2.75) is 50.7 Å². The first-order valence-corrected chi connectivity index (χ1v) is 12.1. The van der Waals surface area contributed by atoms with Crippen molar-refractivity contribution < 1.29 is 23.4 Å². The molecule has 1 aromatic carbocycles. The Hall–Kier alpha value is -2.40. The van der Waals surface area contributed by atoms with Crippen molar-refractivity contribution >= 4 is 33.5 Å². The molecule has 1 aromatic heterocycles. The lowest BCUT2D eigenvalue weighted by Gasteiger charge is -2.43. The van der Waals surface area contributed by atoms with E-state index in [0.29, 0.717) is 37.5 Å². The van der Waals surface area contributed by atoms with E-state index in [4.69, 9.17) is 4.74 Å². The molecule has 1 fully saturated rings. The zero-order chi connectivity index (χ0) is 23.5. The Bertz CT molecular complexity index is 973. The smallest absolute Gasteiger partial charge is 0.408 e. The number of ether oxygens (including phenoxy) is 1. The molecule has 0 unspecified atom stereocenters. The van der Waals surface area contributed by atoms with Gasteiger partial charge in [-0.05, 0) is 46.2 Å². The highest BCUT2D eigenvalue weighted by atomic mass is 32.3. The van der Waals surface area contributed by atoms with Gasteiger partial charge in [0, 0.05) is 49.3 Å². The number of hydrogen-bond donors (Lipinski definition) is 3. The molecule has 0 radical (unpaired) electrons. The molecule has 3 N–H and O–H groups in total. The molecule has 0 bridgehead atoms. The fourth-order valence-corrected chi connectivity index (χ4v) is 5.40. The van der Waals surface area contributed by atoms with Crippen molar-refractivity contribution in [3.8, 4) is 0 Å². The first kappa shape index (κ1) is 24.2. The van der Waals surface area contributed by atoms with Crippen LogP contribution in [-0.4, -0.2) is 73.1 Å². The van der Waals surface area contributed by atoms with Crippen LogP contribution in [0.4, 0.5) is 4.79 Å². The number of fused-ring (bicyclic) bond motifs is 1. The van der Waals surface area contributed by atoms with E-state index in [0.717, 1.165) is 10.8 Å². The Morgan fingerprint density at radius 2 is 1.91 bits per heavy atom. The predicted octanol–water partition coefficient (Wildman–Crippen LogP) is 3.71. The quantitative estimate of drug-likeness (QED) is 0.632. The van der Waals surface area contributed by atoms with Gasteiger partial charge in [-0.3, -0.25) is 18.9 Å². The predicted molar refractivity (Wildman–Crippen MR) is 124 cm³/mol. The first-order chi connectivity index (χ1) is 15.0. The number of hydrogen-bond acceptors (Lipinski definition) is 7. The highest BCUT2D eigenvalue weighted by Gasteiger charge is 2.31. The van der Waals surface area contributed by atoms with Gasteiger partial charge in [0.1, 0.15) is 11.6 Å². The normalized spacial score (nSPS) is 17.5. The average molecular weight is 465 g/mol. The summed E-state index contributed by atoms with van der Waals surface area (Å²) in [5, 5.41) is 4.15. The van der Waals surface area contributed by atoms with Crippen molar-refractivity contribution in [2.75, 3.05) is 26.2 Å². The fraction of sp³-hybridized carbons (Fsp3) is 0.500. The van der Waals surface area contributed by atoms with Crippen LogP contribution in [0.1, 0.15) is 34.1 Å². The summed E-state index contributed by atoms with van der Waals surface area (Å²) in [6.45, 7) is 8.41. The van der Waals surface area contributed by atoms with Crippen LogP contribution in [0.25, 0.3) is 10.8 Å². The lowest BCUT2D eigenvalue weighted by molar-refractivity contribution is -0.132. The Morgan fingerprint density at radius 1 is 1.16 bits per heavy atom. The number of amides is 2. The molecule has 1 aliphatic heterocycles. The summed E-state index contributed by atoms with van der Waals surface area (Å²) in [6, 6.07) is 6.41. The zero-order valence-corrected chi connectivity index (χ0v) is 19.8. The zero-order valence-electron chi connectivity index (χ0n) is 18.9. The number of carbonyl (C=O) groups is 2. The molecule has 0 aliphatic carbocycles. The highest BCUT2D eigenvalue weighted by molar-refractivity contribution is 8.22. The van der Waals surface area contributed by atoms with Gasteiger partial charge in [0.15, 0.2) is 0 Å². The van der Waals surface area contributed by atoms with Crippen LogP contribution in [-0.2, 0) is 9.53 Å². The summed E-state index contributed by atoms with van der Waals surface area (Å²) in [5.74, 6) is -0.231. The number of benzene rings is 1. The molecule has 32 heavy (non-hydrogen) atoms. The third kappa shape index (κ3) is 5.69. The summed E-state index contributed by atoms with van der Waals surface area (Å²) in [4.78, 5) is 31.1. The van der Waals surface area contributed by atoms with Crippen LogP contribution in [0.15, 0.2) is 41.6 Å². The number of carbonyl (C=O) groups excluding carboxylic acids is 2. The molecule has 3 rings (SSSR count). The van der Waals surface area contributed by atoms with E-state index >= 15 is 0 Å². The van der Waals surface area contributed by atoms with Gasteiger partial charge in [0.2, 0.25) is 5.91 Å². The lowest BCUT2D eigenvalue weighted by Crippen LogP contribution is -2.49. The van der Waals surface area contributed by atoms with E-state index in [1.54, 1.807) is 67.5 Å². The molecule has 2 aromatic rings. The Labute approximate surface area is 190 Å². The third-order valence-corrected chi connectivity index (χ3v) is 7.20. The van der Waals surface area contributed by atoms with E-state index in [1.807, 2.05) is 6.07 Å². The van der Waals surface area contributed by atoms with Gasteiger partial charge in [-0.1, -0.05) is 12.1 Å². The molecule has 10 heteroatoms. The van der Waals surface area contributed by atoms with Crippen LogP contribution in [0.2, 0.25) is 0 Å². The summed E-state index contributed by atoms with van der Waals surface area (Å²) < 4.78 is 29.2. The molecular formula is C22H32N4O5S. The Balaban J connectivity index is 1.67. The van der Waals surface area contributed by atoms with Gasteiger partial charge >= 0.3 is 6.09 Å². The number of pyridine rings is 1. The topological polar surface area (TPSA) is 115 Å². The van der Waals surface area contributed by atoms with E-state index < -0.39 is 28.5 Å². The van der Waals surface area contributed by atoms with Crippen molar-refractivity contribution in [1.82, 2.24) is 19.5 Å². The first-order valence-electron chi connectivity index (χ1n) is 10.6. The summed E-state index contributed by atoms with van der Waals surface area (Å²) >= 11 is 0. The van der Waals surface area contributed by atoms with Crippen molar-refractivity contribution in [3.05, 3.63) is 36.7 Å². The summed E-state index contributed by atoms with van der Waals surface area (Å²) in [5.41, 5.74) is -0.651. The maximum atomic E-state index is 12.9. The van der Waals surface area contributed by atoms with Crippen LogP contribution in [0, 0.1) is 0 Å². The lowest BCUT2D eigenvalue weighted by atomic mass is 10.2. The minimum absolute atomic E-state index is 0.231. The maximum absolute atomic E-state index is 12.9. The van der Waals surface area contributed by atoms with Gasteiger partial charge in [-0.15, -0.1) is 10.8 Å². The standard InChI is InChI=1S/C22H32N4O5S/c1-16(24-21(28)31-22(2,3)4)20(27)25-11-6-12-26(14-13-25)32(29,30)19-8-5-7-17-15-23-10-9-18(17)19/h5,7-10,15-16,29-30H,6,11-14H2,1-4H3,(H,24,28)/t16-/m0/s1. The number of nitrogens with zero attached hydrogens (tertiary/aromatic N) is 3. The van der Waals surface area contributed by atoms with Crippen LogP contribution >= 0.6 is 10.8 Å². The van der Waals surface area contributed by atoms with Crippen LogP contribution in [0.5, 0.6) is 0 Å². The fourth-order valence-electron chi connectivity index (χ4n) is 3.66. The van der Waals surface area contributed by atoms with Gasteiger partial charge in [-0.25, -0.2) is 9.10 Å². The number of nitrogens with one attached hydrogen (secondary N) is 1. The molecule has 1 aliphatic rings. The molecule has 0 saturated carbocycles. The van der Waals surface area contributed by atoms with E-state index in [9.17, 15) is 18.7 Å². The SMILES string of the molecule is C[C@H](NC(=O)OC(C)(C)C)C(=O)N1CCCN(S(O)(O)c2cccc3cnccc23)CC1. The van der Waals surface area contributed by atoms with Gasteiger partial charge in [-0.2, -0.15) is 0 Å². The number of aromatic nitrogens is 1. The average Bonchev–Trinajstić information content (AvgIpc) is 2.98. The Morgan fingerprint density at radius 3 is 2.62 bits per heavy atom. The largest absolute Gasteiger partial charge is 0.444 e. The van der Waals surface area contributed by atoms with Gasteiger partial charge in [0.05, 0.1) is 4.90 Å². The van der Waals surface area contributed by atoms with Crippen molar-refractivity contribution in [1.29, 1.82) is 0 Å². The molecule has 1 atom stereocenters. The number of rotatable bonds is 4. The van der Waals surface area contributed by atoms with Crippen LogP contribution < -0.4 is 5.32 Å². The summed E-state index contributed by atoms with van der Waals surface area (Å²) in [6.07, 6.45) is 3.25. The van der Waals surface area contributed by atoms with Crippen molar-refractivity contribution in [2.24, 2.45) is 0 Å². The Kier molecular flexibility index (Phi) is 7.29. The molecule has 176 valence electrons. The minimum atomic E-state index is -3.24. The van der Waals surface area contributed by atoms with Gasteiger partial charge < -0.3 is 15.0 Å². The monoisotopic (exact) mass is 464 g/mol.